The molecule has 0 aliphatic heterocycles. The van der Waals surface area contributed by atoms with Gasteiger partial charge in [-0.25, -0.2) is 4.98 Å². The summed E-state index contributed by atoms with van der Waals surface area (Å²) in [7, 11) is 0. The highest BCUT2D eigenvalue weighted by atomic mass is 14.8. The quantitative estimate of drug-likeness (QED) is 0.738. The van der Waals surface area contributed by atoms with Gasteiger partial charge in [0.25, 0.3) is 0 Å². The van der Waals surface area contributed by atoms with Gasteiger partial charge in [0.05, 0.1) is 22.6 Å². The summed E-state index contributed by atoms with van der Waals surface area (Å²) in [5.74, 6) is 0. The molecule has 3 rings (SSSR count). The minimum atomic E-state index is 0.688. The molecular weight excluding hydrogens is 280 g/mol. The molecule has 2 heteroatoms. The molecule has 0 spiro atoms. The maximum absolute atomic E-state index is 4.56. The molecular formula is C21H18N2. The molecule has 0 aliphatic carbocycles. The lowest BCUT2D eigenvalue weighted by Crippen LogP contribution is -2.29. The Labute approximate surface area is 136 Å². The van der Waals surface area contributed by atoms with Crippen molar-refractivity contribution in [2.75, 3.05) is 0 Å². The topological polar surface area (TPSA) is 25.8 Å². The molecule has 0 aliphatic rings. The lowest BCUT2D eigenvalue weighted by Gasteiger charge is -2.04. The molecule has 112 valence electrons. The number of rotatable bonds is 3. The first-order valence-electron chi connectivity index (χ1n) is 7.59. The number of hydrogen-bond acceptors (Lipinski definition) is 2. The van der Waals surface area contributed by atoms with Crippen molar-refractivity contribution < 1.29 is 0 Å². The summed E-state index contributed by atoms with van der Waals surface area (Å²) in [4.78, 5) is 9.00. The van der Waals surface area contributed by atoms with Crippen LogP contribution in [0.1, 0.15) is 6.92 Å². The first-order valence-corrected chi connectivity index (χ1v) is 7.59. The van der Waals surface area contributed by atoms with Crippen molar-refractivity contribution in [1.82, 2.24) is 9.97 Å². The Morgan fingerprint density at radius 1 is 0.870 bits per heavy atom. The summed E-state index contributed by atoms with van der Waals surface area (Å²) in [6.45, 7) is 5.95. The summed E-state index contributed by atoms with van der Waals surface area (Å²) in [6, 6.07) is 18.7. The Hall–Kier alpha value is -3.00. The van der Waals surface area contributed by atoms with Crippen molar-refractivity contribution in [3.63, 3.8) is 0 Å². The molecule has 1 heterocycles. The zero-order valence-electron chi connectivity index (χ0n) is 13.1. The lowest BCUT2D eigenvalue weighted by atomic mass is 10.0. The average molecular weight is 298 g/mol. The number of benzene rings is 2. The van der Waals surface area contributed by atoms with E-state index < -0.39 is 0 Å². The van der Waals surface area contributed by atoms with Gasteiger partial charge in [0.1, 0.15) is 0 Å². The molecule has 0 fully saturated rings. The average Bonchev–Trinajstić information content (AvgIpc) is 2.61. The van der Waals surface area contributed by atoms with Crippen LogP contribution in [0.4, 0.5) is 0 Å². The van der Waals surface area contributed by atoms with E-state index in [1.807, 2.05) is 43.4 Å². The smallest absolute Gasteiger partial charge is 0.0892 e. The van der Waals surface area contributed by atoms with Gasteiger partial charge in [-0.3, -0.25) is 4.98 Å². The number of allylic oxidation sites excluding steroid dienone is 2. The zero-order valence-corrected chi connectivity index (χ0v) is 13.1. The second kappa shape index (κ2) is 6.84. The van der Waals surface area contributed by atoms with Crippen LogP contribution in [0.5, 0.6) is 0 Å². The van der Waals surface area contributed by atoms with Crippen LogP contribution in [0.3, 0.4) is 0 Å². The number of hydrogen-bond donors (Lipinski definition) is 0. The van der Waals surface area contributed by atoms with Crippen molar-refractivity contribution in [2.24, 2.45) is 0 Å². The summed E-state index contributed by atoms with van der Waals surface area (Å²) in [6.07, 6.45) is 7.60. The van der Waals surface area contributed by atoms with Gasteiger partial charge in [-0.15, -0.1) is 0 Å². The molecule has 0 amide bonds. The molecule has 3 aromatic rings. The summed E-state index contributed by atoms with van der Waals surface area (Å²) in [5.41, 5.74) is 4.28. The molecule has 0 saturated heterocycles. The van der Waals surface area contributed by atoms with E-state index in [0.29, 0.717) is 5.35 Å². The molecule has 0 unspecified atom stereocenters. The normalized spacial score (nSPS) is 12.0. The second-order valence-electron chi connectivity index (χ2n) is 5.22. The second-order valence-corrected chi connectivity index (χ2v) is 5.22. The largest absolute Gasteiger partial charge is 0.252 e. The highest BCUT2D eigenvalue weighted by Crippen LogP contribution is 2.22. The minimum absolute atomic E-state index is 0.688. The summed E-state index contributed by atoms with van der Waals surface area (Å²) < 4.78 is 0. The molecule has 0 N–H and O–H groups in total. The van der Waals surface area contributed by atoms with Gasteiger partial charge in [0, 0.05) is 5.56 Å². The highest BCUT2D eigenvalue weighted by molar-refractivity contribution is 5.68. The van der Waals surface area contributed by atoms with Gasteiger partial charge in [-0.05, 0) is 24.1 Å². The van der Waals surface area contributed by atoms with Crippen LogP contribution < -0.4 is 10.7 Å². The van der Waals surface area contributed by atoms with Gasteiger partial charge < -0.3 is 0 Å². The molecule has 0 atom stereocenters. The van der Waals surface area contributed by atoms with Gasteiger partial charge in [-0.2, -0.15) is 0 Å². The predicted molar refractivity (Wildman–Crippen MR) is 97.0 cm³/mol. The van der Waals surface area contributed by atoms with E-state index in [0.717, 1.165) is 16.6 Å². The molecule has 0 saturated carbocycles. The van der Waals surface area contributed by atoms with Crippen LogP contribution in [0, 0.1) is 0 Å². The van der Waals surface area contributed by atoms with Crippen LogP contribution in [0.2, 0.25) is 0 Å². The molecule has 2 aromatic carbocycles. The van der Waals surface area contributed by atoms with E-state index in [2.05, 4.69) is 52.9 Å². The molecule has 1 aromatic heterocycles. The standard InChI is InChI=1S/C21H18N2/c1-3-4-10-20-16(2)23-21(15-22-20)19-13-11-18(12-14-19)17-8-6-5-7-9-17/h3-15H,2H2,1H3/b4-3-,20-10+. The van der Waals surface area contributed by atoms with E-state index in [1.54, 1.807) is 6.20 Å². The Morgan fingerprint density at radius 2 is 1.52 bits per heavy atom. The molecule has 2 nitrogen and oxygen atoms in total. The Kier molecular flexibility index (Phi) is 4.44. The third-order valence-corrected chi connectivity index (χ3v) is 3.61. The SMILES string of the molecule is C=c1nc(-c2ccc(-c3ccccc3)cc2)cn/c1=C/C=C\C. The van der Waals surface area contributed by atoms with E-state index in [-0.39, 0.29) is 0 Å². The maximum Gasteiger partial charge on any atom is 0.0892 e. The third-order valence-electron chi connectivity index (χ3n) is 3.61. The first-order chi connectivity index (χ1) is 11.3. The summed E-state index contributed by atoms with van der Waals surface area (Å²) in [5, 5.41) is 1.49. The molecule has 0 bridgehead atoms. The number of nitrogens with zero attached hydrogens (tertiary/aromatic N) is 2. The van der Waals surface area contributed by atoms with Crippen molar-refractivity contribution in [2.45, 2.75) is 6.92 Å². The third kappa shape index (κ3) is 3.43. The van der Waals surface area contributed by atoms with E-state index >= 15 is 0 Å². The van der Waals surface area contributed by atoms with Gasteiger partial charge in [0.2, 0.25) is 0 Å². The van der Waals surface area contributed by atoms with Crippen molar-refractivity contribution in [3.8, 4) is 22.4 Å². The Balaban J connectivity index is 1.94. The van der Waals surface area contributed by atoms with Crippen LogP contribution in [-0.2, 0) is 0 Å². The fraction of sp³-hybridized carbons (Fsp3) is 0.0476. The fourth-order valence-corrected chi connectivity index (χ4v) is 2.37. The summed E-state index contributed by atoms with van der Waals surface area (Å²) >= 11 is 0. The first kappa shape index (κ1) is 14.9. The van der Waals surface area contributed by atoms with Gasteiger partial charge >= 0.3 is 0 Å². The van der Waals surface area contributed by atoms with Crippen LogP contribution in [0.25, 0.3) is 35.0 Å². The van der Waals surface area contributed by atoms with E-state index in [1.165, 1.54) is 11.1 Å². The minimum Gasteiger partial charge on any atom is -0.252 e. The molecule has 0 radical (unpaired) electrons. The van der Waals surface area contributed by atoms with Crippen LogP contribution in [0.15, 0.2) is 72.9 Å². The predicted octanol–water partition coefficient (Wildman–Crippen LogP) is 3.58. The van der Waals surface area contributed by atoms with E-state index in [9.17, 15) is 0 Å². The van der Waals surface area contributed by atoms with Gasteiger partial charge in [-0.1, -0.05) is 73.3 Å². The van der Waals surface area contributed by atoms with Gasteiger partial charge in [0.15, 0.2) is 0 Å². The maximum atomic E-state index is 4.56. The van der Waals surface area contributed by atoms with Crippen molar-refractivity contribution in [3.05, 3.63) is 83.6 Å². The van der Waals surface area contributed by atoms with E-state index in [4.69, 9.17) is 0 Å². The zero-order chi connectivity index (χ0) is 16.1. The Bertz CT molecular complexity index is 924. The van der Waals surface area contributed by atoms with Crippen molar-refractivity contribution >= 4 is 12.7 Å². The monoisotopic (exact) mass is 298 g/mol. The Morgan fingerprint density at radius 3 is 2.17 bits per heavy atom. The lowest BCUT2D eigenvalue weighted by molar-refractivity contribution is 1.11. The molecule has 23 heavy (non-hydrogen) atoms. The van der Waals surface area contributed by atoms with Crippen LogP contribution in [-0.4, -0.2) is 9.97 Å². The van der Waals surface area contributed by atoms with Crippen LogP contribution >= 0.6 is 0 Å². The van der Waals surface area contributed by atoms with Crippen molar-refractivity contribution in [1.29, 1.82) is 0 Å². The number of aromatic nitrogens is 2. The highest BCUT2D eigenvalue weighted by Gasteiger charge is 2.01. The fourth-order valence-electron chi connectivity index (χ4n) is 2.37.